The maximum atomic E-state index is 11.6. The molecule has 2 amide bonds. The van der Waals surface area contributed by atoms with Gasteiger partial charge in [0.2, 0.25) is 11.8 Å². The average molecular weight is 228 g/mol. The first kappa shape index (κ1) is 12.5. The van der Waals surface area contributed by atoms with Crippen LogP contribution in [0.3, 0.4) is 0 Å². The zero-order chi connectivity index (χ0) is 12.1. The number of ether oxygens (including phenoxy) is 1. The van der Waals surface area contributed by atoms with Gasteiger partial charge >= 0.3 is 5.97 Å². The summed E-state index contributed by atoms with van der Waals surface area (Å²) in [7, 11) is 0. The molecule has 16 heavy (non-hydrogen) atoms. The Balaban J connectivity index is 2.53. The SMILES string of the molecule is CCOC(=O)CN1CC(=O)N(CC)CC1=O. The number of hydrogen-bond donors (Lipinski definition) is 0. The van der Waals surface area contributed by atoms with Crippen LogP contribution in [-0.4, -0.2) is 60.4 Å². The number of hydrogen-bond acceptors (Lipinski definition) is 4. The smallest absolute Gasteiger partial charge is 0.325 e. The van der Waals surface area contributed by atoms with E-state index in [2.05, 4.69) is 0 Å². The lowest BCUT2D eigenvalue weighted by molar-refractivity contribution is -0.156. The van der Waals surface area contributed by atoms with Crippen molar-refractivity contribution in [3.8, 4) is 0 Å². The molecule has 0 aromatic carbocycles. The molecule has 1 rings (SSSR count). The molecule has 1 heterocycles. The maximum absolute atomic E-state index is 11.6. The first-order valence-electron chi connectivity index (χ1n) is 5.29. The number of carbonyl (C=O) groups excluding carboxylic acids is 3. The molecule has 6 nitrogen and oxygen atoms in total. The Labute approximate surface area is 94.1 Å². The van der Waals surface area contributed by atoms with Crippen LogP contribution in [0, 0.1) is 0 Å². The van der Waals surface area contributed by atoms with E-state index in [0.717, 1.165) is 0 Å². The van der Waals surface area contributed by atoms with E-state index in [4.69, 9.17) is 4.74 Å². The van der Waals surface area contributed by atoms with Gasteiger partial charge in [0.25, 0.3) is 0 Å². The molecule has 0 bridgehead atoms. The molecule has 90 valence electrons. The molecule has 0 aliphatic carbocycles. The van der Waals surface area contributed by atoms with Gasteiger partial charge in [0.15, 0.2) is 0 Å². The minimum atomic E-state index is -0.478. The van der Waals surface area contributed by atoms with Gasteiger partial charge in [-0.2, -0.15) is 0 Å². The van der Waals surface area contributed by atoms with Crippen molar-refractivity contribution in [2.45, 2.75) is 13.8 Å². The molecule has 1 aliphatic heterocycles. The fourth-order valence-electron chi connectivity index (χ4n) is 1.50. The van der Waals surface area contributed by atoms with Crippen molar-refractivity contribution >= 4 is 17.8 Å². The van der Waals surface area contributed by atoms with Crippen LogP contribution in [0.1, 0.15) is 13.8 Å². The van der Waals surface area contributed by atoms with Crippen LogP contribution in [0.25, 0.3) is 0 Å². The Morgan fingerprint density at radius 3 is 2.31 bits per heavy atom. The van der Waals surface area contributed by atoms with Crippen LogP contribution in [0.5, 0.6) is 0 Å². The third-order valence-corrected chi connectivity index (χ3v) is 2.36. The zero-order valence-corrected chi connectivity index (χ0v) is 9.56. The van der Waals surface area contributed by atoms with Crippen molar-refractivity contribution in [2.24, 2.45) is 0 Å². The lowest BCUT2D eigenvalue weighted by atomic mass is 10.3. The summed E-state index contributed by atoms with van der Waals surface area (Å²) in [5, 5.41) is 0. The fourth-order valence-corrected chi connectivity index (χ4v) is 1.50. The lowest BCUT2D eigenvalue weighted by Crippen LogP contribution is -2.54. The van der Waals surface area contributed by atoms with E-state index >= 15 is 0 Å². The standard InChI is InChI=1S/C10H16N2O4/c1-3-11-5-9(14)12(6-8(11)13)7-10(15)16-4-2/h3-7H2,1-2H3. The minimum Gasteiger partial charge on any atom is -0.465 e. The van der Waals surface area contributed by atoms with Crippen LogP contribution >= 0.6 is 0 Å². The van der Waals surface area contributed by atoms with Crippen LogP contribution < -0.4 is 0 Å². The van der Waals surface area contributed by atoms with Gasteiger partial charge in [-0.05, 0) is 13.8 Å². The fraction of sp³-hybridized carbons (Fsp3) is 0.700. The van der Waals surface area contributed by atoms with Crippen molar-refractivity contribution < 1.29 is 19.1 Å². The molecule has 0 radical (unpaired) electrons. The normalized spacial score (nSPS) is 16.6. The van der Waals surface area contributed by atoms with Gasteiger partial charge in [-0.1, -0.05) is 0 Å². The first-order chi connectivity index (χ1) is 7.58. The molecule has 0 unspecified atom stereocenters. The summed E-state index contributed by atoms with van der Waals surface area (Å²) in [5.41, 5.74) is 0. The number of esters is 1. The van der Waals surface area contributed by atoms with E-state index in [0.29, 0.717) is 6.54 Å². The van der Waals surface area contributed by atoms with Gasteiger partial charge in [-0.15, -0.1) is 0 Å². The highest BCUT2D eigenvalue weighted by Gasteiger charge is 2.30. The summed E-state index contributed by atoms with van der Waals surface area (Å²) in [6, 6.07) is 0. The highest BCUT2D eigenvalue weighted by molar-refractivity contribution is 5.94. The summed E-state index contributed by atoms with van der Waals surface area (Å²) >= 11 is 0. The maximum Gasteiger partial charge on any atom is 0.325 e. The van der Waals surface area contributed by atoms with E-state index in [1.165, 1.54) is 9.80 Å². The third-order valence-electron chi connectivity index (χ3n) is 2.36. The molecule has 0 aromatic rings. The Hall–Kier alpha value is -1.59. The summed E-state index contributed by atoms with van der Waals surface area (Å²) in [5.74, 6) is -0.825. The molecule has 0 atom stereocenters. The molecule has 1 aliphatic rings. The van der Waals surface area contributed by atoms with Gasteiger partial charge in [-0.25, -0.2) is 0 Å². The van der Waals surface area contributed by atoms with Crippen molar-refractivity contribution in [2.75, 3.05) is 32.8 Å². The number of carbonyl (C=O) groups is 3. The summed E-state index contributed by atoms with van der Waals surface area (Å²) in [6.07, 6.45) is 0. The molecule has 0 aromatic heterocycles. The van der Waals surface area contributed by atoms with Gasteiger partial charge in [0.05, 0.1) is 13.2 Å². The molecule has 1 saturated heterocycles. The van der Waals surface area contributed by atoms with Crippen LogP contribution in [0.4, 0.5) is 0 Å². The summed E-state index contributed by atoms with van der Waals surface area (Å²) in [6.45, 7) is 4.16. The van der Waals surface area contributed by atoms with E-state index < -0.39 is 5.97 Å². The molecular weight excluding hydrogens is 212 g/mol. The van der Waals surface area contributed by atoms with E-state index in [1.807, 2.05) is 6.92 Å². The molecule has 1 fully saturated rings. The second-order valence-corrected chi connectivity index (χ2v) is 3.46. The van der Waals surface area contributed by atoms with Gasteiger partial charge in [0, 0.05) is 6.54 Å². The lowest BCUT2D eigenvalue weighted by Gasteiger charge is -2.32. The monoisotopic (exact) mass is 228 g/mol. The van der Waals surface area contributed by atoms with Crippen LogP contribution in [-0.2, 0) is 19.1 Å². The van der Waals surface area contributed by atoms with Crippen LogP contribution in [0.15, 0.2) is 0 Å². The van der Waals surface area contributed by atoms with Gasteiger partial charge in [-0.3, -0.25) is 14.4 Å². The Morgan fingerprint density at radius 2 is 1.75 bits per heavy atom. The predicted octanol–water partition coefficient (Wildman–Crippen LogP) is -0.760. The van der Waals surface area contributed by atoms with Gasteiger partial charge < -0.3 is 14.5 Å². The quantitative estimate of drug-likeness (QED) is 0.593. The number of piperazine rings is 1. The molecule has 0 spiro atoms. The second kappa shape index (κ2) is 5.48. The topological polar surface area (TPSA) is 66.9 Å². The van der Waals surface area contributed by atoms with E-state index in [9.17, 15) is 14.4 Å². The largest absolute Gasteiger partial charge is 0.465 e. The highest BCUT2D eigenvalue weighted by Crippen LogP contribution is 2.04. The minimum absolute atomic E-state index is 0.0362. The Kier molecular flexibility index (Phi) is 4.28. The van der Waals surface area contributed by atoms with Gasteiger partial charge in [0.1, 0.15) is 13.1 Å². The molecule has 6 heteroatoms. The zero-order valence-electron chi connectivity index (χ0n) is 9.56. The van der Waals surface area contributed by atoms with E-state index in [-0.39, 0.29) is 38.1 Å². The Morgan fingerprint density at radius 1 is 1.19 bits per heavy atom. The first-order valence-corrected chi connectivity index (χ1v) is 5.29. The number of nitrogens with zero attached hydrogens (tertiary/aromatic N) is 2. The van der Waals surface area contributed by atoms with Crippen molar-refractivity contribution in [3.05, 3.63) is 0 Å². The second-order valence-electron chi connectivity index (χ2n) is 3.46. The summed E-state index contributed by atoms with van der Waals surface area (Å²) in [4.78, 5) is 36.9. The predicted molar refractivity (Wildman–Crippen MR) is 55.5 cm³/mol. The van der Waals surface area contributed by atoms with E-state index in [1.54, 1.807) is 6.92 Å². The van der Waals surface area contributed by atoms with Crippen molar-refractivity contribution in [3.63, 3.8) is 0 Å². The summed E-state index contributed by atoms with van der Waals surface area (Å²) < 4.78 is 4.72. The Bertz CT molecular complexity index is 301. The van der Waals surface area contributed by atoms with Crippen molar-refractivity contribution in [1.82, 2.24) is 9.80 Å². The highest BCUT2D eigenvalue weighted by atomic mass is 16.5. The van der Waals surface area contributed by atoms with Crippen LogP contribution in [0.2, 0.25) is 0 Å². The molecular formula is C10H16N2O4. The van der Waals surface area contributed by atoms with Crippen molar-refractivity contribution in [1.29, 1.82) is 0 Å². The number of likely N-dealkylation sites (N-methyl/N-ethyl adjacent to an activating group) is 1. The average Bonchev–Trinajstić information content (AvgIpc) is 2.23. The third kappa shape index (κ3) is 2.95. The number of rotatable bonds is 4. The molecule has 0 N–H and O–H groups in total. The molecule has 0 saturated carbocycles. The number of amides is 2.